The first-order valence-corrected chi connectivity index (χ1v) is 6.06. The Labute approximate surface area is 109 Å². The van der Waals surface area contributed by atoms with E-state index in [0.717, 1.165) is 12.0 Å². The van der Waals surface area contributed by atoms with Crippen LogP contribution in [0, 0.1) is 12.3 Å². The van der Waals surface area contributed by atoms with Gasteiger partial charge in [0.2, 0.25) is 5.91 Å². The lowest BCUT2D eigenvalue weighted by molar-refractivity contribution is -0.125. The molecule has 1 aromatic rings. The smallest absolute Gasteiger partial charge is 0.230 e. The second kappa shape index (κ2) is 6.11. The largest absolute Gasteiger partial charge is 0.399 e. The molecule has 3 heteroatoms. The SMILES string of the molecule is C#CCCCNC(=O)C(C)(C)c1ccc(N)cc1. The monoisotopic (exact) mass is 244 g/mol. The summed E-state index contributed by atoms with van der Waals surface area (Å²) in [5.41, 5.74) is 6.72. The van der Waals surface area contributed by atoms with Crippen molar-refractivity contribution in [1.82, 2.24) is 5.32 Å². The molecule has 0 atom stereocenters. The summed E-state index contributed by atoms with van der Waals surface area (Å²) in [6, 6.07) is 7.39. The molecule has 0 heterocycles. The lowest BCUT2D eigenvalue weighted by Gasteiger charge is -2.24. The number of terminal acetylenes is 1. The molecule has 3 nitrogen and oxygen atoms in total. The summed E-state index contributed by atoms with van der Waals surface area (Å²) in [7, 11) is 0. The number of hydrogen-bond donors (Lipinski definition) is 2. The van der Waals surface area contributed by atoms with Gasteiger partial charge in [0.15, 0.2) is 0 Å². The summed E-state index contributed by atoms with van der Waals surface area (Å²) < 4.78 is 0. The molecule has 0 saturated heterocycles. The van der Waals surface area contributed by atoms with Gasteiger partial charge in [-0.05, 0) is 38.0 Å². The maximum Gasteiger partial charge on any atom is 0.230 e. The molecule has 1 aromatic carbocycles. The number of nitrogens with one attached hydrogen (secondary N) is 1. The Morgan fingerprint density at radius 2 is 2.00 bits per heavy atom. The van der Waals surface area contributed by atoms with E-state index in [2.05, 4.69) is 11.2 Å². The number of rotatable bonds is 5. The van der Waals surface area contributed by atoms with Crippen LogP contribution in [0.5, 0.6) is 0 Å². The molecular weight excluding hydrogens is 224 g/mol. The van der Waals surface area contributed by atoms with E-state index in [0.29, 0.717) is 18.7 Å². The van der Waals surface area contributed by atoms with Gasteiger partial charge in [-0.1, -0.05) is 12.1 Å². The summed E-state index contributed by atoms with van der Waals surface area (Å²) in [5, 5.41) is 2.91. The van der Waals surface area contributed by atoms with Crippen molar-refractivity contribution >= 4 is 11.6 Å². The van der Waals surface area contributed by atoms with Crippen molar-refractivity contribution < 1.29 is 4.79 Å². The Balaban J connectivity index is 2.65. The van der Waals surface area contributed by atoms with Crippen LogP contribution in [-0.4, -0.2) is 12.5 Å². The first-order chi connectivity index (χ1) is 8.48. The van der Waals surface area contributed by atoms with Crippen LogP contribution in [-0.2, 0) is 10.2 Å². The molecule has 0 aromatic heterocycles. The average molecular weight is 244 g/mol. The minimum Gasteiger partial charge on any atom is -0.399 e. The summed E-state index contributed by atoms with van der Waals surface area (Å²) in [6.45, 7) is 4.41. The van der Waals surface area contributed by atoms with Crippen molar-refractivity contribution in [2.75, 3.05) is 12.3 Å². The number of nitrogens with two attached hydrogens (primary N) is 1. The highest BCUT2D eigenvalue weighted by Gasteiger charge is 2.29. The van der Waals surface area contributed by atoms with Crippen molar-refractivity contribution in [3.63, 3.8) is 0 Å². The lowest BCUT2D eigenvalue weighted by Crippen LogP contribution is -2.40. The van der Waals surface area contributed by atoms with Crippen LogP contribution in [0.4, 0.5) is 5.69 Å². The van der Waals surface area contributed by atoms with E-state index in [-0.39, 0.29) is 5.91 Å². The molecule has 0 aliphatic rings. The predicted molar refractivity (Wildman–Crippen MR) is 75.0 cm³/mol. The maximum absolute atomic E-state index is 12.1. The molecule has 0 aliphatic heterocycles. The number of amides is 1. The second-order valence-corrected chi connectivity index (χ2v) is 4.81. The fraction of sp³-hybridized carbons (Fsp3) is 0.400. The van der Waals surface area contributed by atoms with E-state index < -0.39 is 5.41 Å². The number of hydrogen-bond acceptors (Lipinski definition) is 2. The summed E-state index contributed by atoms with van der Waals surface area (Å²) in [5.74, 6) is 2.56. The molecule has 96 valence electrons. The van der Waals surface area contributed by atoms with Crippen LogP contribution >= 0.6 is 0 Å². The Kier molecular flexibility index (Phi) is 4.79. The fourth-order valence-corrected chi connectivity index (χ4v) is 1.64. The first-order valence-electron chi connectivity index (χ1n) is 6.06. The quantitative estimate of drug-likeness (QED) is 0.473. The molecule has 0 aliphatic carbocycles. The lowest BCUT2D eigenvalue weighted by atomic mass is 9.83. The summed E-state index contributed by atoms with van der Waals surface area (Å²) in [6.07, 6.45) is 6.65. The van der Waals surface area contributed by atoms with Gasteiger partial charge in [-0.3, -0.25) is 4.79 Å². The minimum atomic E-state index is -0.566. The standard InChI is InChI=1S/C15H20N2O/c1-4-5-6-11-17-14(18)15(2,3)12-7-9-13(16)10-8-12/h1,7-10H,5-6,11,16H2,2-3H3,(H,17,18). The molecule has 1 rings (SSSR count). The predicted octanol–water partition coefficient (Wildman–Crippen LogP) is 2.08. The second-order valence-electron chi connectivity index (χ2n) is 4.81. The molecule has 3 N–H and O–H groups in total. The zero-order valence-electron chi connectivity index (χ0n) is 11.0. The number of carbonyl (C=O) groups excluding carboxylic acids is 1. The molecule has 0 saturated carbocycles. The van der Waals surface area contributed by atoms with Crippen LogP contribution in [0.1, 0.15) is 32.3 Å². The normalized spacial score (nSPS) is 10.7. The number of nitrogen functional groups attached to an aromatic ring is 1. The molecule has 0 fully saturated rings. The third kappa shape index (κ3) is 3.53. The fourth-order valence-electron chi connectivity index (χ4n) is 1.64. The van der Waals surface area contributed by atoms with Gasteiger partial charge in [-0.2, -0.15) is 0 Å². The molecule has 0 bridgehead atoms. The molecule has 0 unspecified atom stereocenters. The van der Waals surface area contributed by atoms with Crippen molar-refractivity contribution in [2.24, 2.45) is 0 Å². The third-order valence-electron chi connectivity index (χ3n) is 2.98. The van der Waals surface area contributed by atoms with E-state index in [1.807, 2.05) is 38.1 Å². The van der Waals surface area contributed by atoms with Crippen molar-refractivity contribution in [2.45, 2.75) is 32.1 Å². The molecule has 18 heavy (non-hydrogen) atoms. The van der Waals surface area contributed by atoms with Gasteiger partial charge in [0.05, 0.1) is 5.41 Å². The zero-order valence-corrected chi connectivity index (χ0v) is 11.0. The highest BCUT2D eigenvalue weighted by Crippen LogP contribution is 2.24. The van der Waals surface area contributed by atoms with Crippen molar-refractivity contribution in [3.8, 4) is 12.3 Å². The van der Waals surface area contributed by atoms with E-state index in [4.69, 9.17) is 12.2 Å². The number of unbranched alkanes of at least 4 members (excludes halogenated alkanes) is 1. The molecular formula is C15H20N2O. The summed E-state index contributed by atoms with van der Waals surface area (Å²) >= 11 is 0. The Hall–Kier alpha value is -1.95. The van der Waals surface area contributed by atoms with Gasteiger partial charge < -0.3 is 11.1 Å². The first kappa shape index (κ1) is 14.1. The van der Waals surface area contributed by atoms with Crippen LogP contribution in [0.3, 0.4) is 0 Å². The number of carbonyl (C=O) groups is 1. The van der Waals surface area contributed by atoms with Gasteiger partial charge >= 0.3 is 0 Å². The van der Waals surface area contributed by atoms with Gasteiger partial charge in [0.25, 0.3) is 0 Å². The van der Waals surface area contributed by atoms with Gasteiger partial charge in [0.1, 0.15) is 0 Å². The van der Waals surface area contributed by atoms with E-state index in [9.17, 15) is 4.79 Å². The van der Waals surface area contributed by atoms with Gasteiger partial charge in [-0.25, -0.2) is 0 Å². The van der Waals surface area contributed by atoms with Crippen molar-refractivity contribution in [3.05, 3.63) is 29.8 Å². The number of anilines is 1. The Morgan fingerprint density at radius 3 is 2.56 bits per heavy atom. The highest BCUT2D eigenvalue weighted by molar-refractivity contribution is 5.87. The average Bonchev–Trinajstić information content (AvgIpc) is 2.35. The van der Waals surface area contributed by atoms with Crippen LogP contribution in [0.2, 0.25) is 0 Å². The van der Waals surface area contributed by atoms with Crippen LogP contribution in [0.15, 0.2) is 24.3 Å². The van der Waals surface area contributed by atoms with Gasteiger partial charge in [0, 0.05) is 18.7 Å². The van der Waals surface area contributed by atoms with E-state index in [1.54, 1.807) is 0 Å². The van der Waals surface area contributed by atoms with E-state index >= 15 is 0 Å². The van der Waals surface area contributed by atoms with E-state index in [1.165, 1.54) is 0 Å². The zero-order chi connectivity index (χ0) is 13.6. The minimum absolute atomic E-state index is 0.00397. The Morgan fingerprint density at radius 1 is 1.39 bits per heavy atom. The molecule has 1 amide bonds. The maximum atomic E-state index is 12.1. The molecule has 0 spiro atoms. The highest BCUT2D eigenvalue weighted by atomic mass is 16.2. The molecule has 0 radical (unpaired) electrons. The third-order valence-corrected chi connectivity index (χ3v) is 2.98. The van der Waals surface area contributed by atoms with Crippen LogP contribution < -0.4 is 11.1 Å². The topological polar surface area (TPSA) is 55.1 Å². The van der Waals surface area contributed by atoms with Crippen LogP contribution in [0.25, 0.3) is 0 Å². The van der Waals surface area contributed by atoms with Gasteiger partial charge in [-0.15, -0.1) is 12.3 Å². The number of benzene rings is 1. The van der Waals surface area contributed by atoms with Crippen molar-refractivity contribution in [1.29, 1.82) is 0 Å². The summed E-state index contributed by atoms with van der Waals surface area (Å²) in [4.78, 5) is 12.1. The Bertz CT molecular complexity index is 441.